The molecule has 0 spiro atoms. The van der Waals surface area contributed by atoms with E-state index < -0.39 is 0 Å². The molecule has 4 rings (SSSR count). The Morgan fingerprint density at radius 2 is 1.74 bits per heavy atom. The lowest BCUT2D eigenvalue weighted by Crippen LogP contribution is -2.43. The van der Waals surface area contributed by atoms with Crippen LogP contribution in [0.3, 0.4) is 0 Å². The summed E-state index contributed by atoms with van der Waals surface area (Å²) >= 11 is 0. The van der Waals surface area contributed by atoms with Gasteiger partial charge in [-0.1, -0.05) is 18.2 Å². The van der Waals surface area contributed by atoms with E-state index in [1.165, 1.54) is 4.68 Å². The van der Waals surface area contributed by atoms with Crippen LogP contribution >= 0.6 is 0 Å². The van der Waals surface area contributed by atoms with Gasteiger partial charge in [-0.15, -0.1) is 5.10 Å². The van der Waals surface area contributed by atoms with Crippen LogP contribution in [0, 0.1) is 0 Å². The highest BCUT2D eigenvalue weighted by Crippen LogP contribution is 2.26. The molecule has 140 valence electrons. The molecule has 27 heavy (non-hydrogen) atoms. The van der Waals surface area contributed by atoms with Gasteiger partial charge in [-0.3, -0.25) is 4.79 Å². The zero-order valence-electron chi connectivity index (χ0n) is 15.7. The number of piperazine rings is 1. The molecule has 3 aromatic rings. The summed E-state index contributed by atoms with van der Waals surface area (Å²) in [5.74, 6) is 0.930. The zero-order chi connectivity index (χ0) is 18.8. The minimum absolute atomic E-state index is 0.00168. The summed E-state index contributed by atoms with van der Waals surface area (Å²) in [6.45, 7) is 7.65. The first kappa shape index (κ1) is 17.5. The molecule has 1 N–H and O–H groups in total. The molecule has 3 heterocycles. The quantitative estimate of drug-likeness (QED) is 0.768. The molecule has 0 bridgehead atoms. The van der Waals surface area contributed by atoms with E-state index in [0.717, 1.165) is 49.1 Å². The predicted molar refractivity (Wildman–Crippen MR) is 107 cm³/mol. The Hall–Kier alpha value is -2.93. The Bertz CT molecular complexity index is 970. The predicted octanol–water partition coefficient (Wildman–Crippen LogP) is 2.09. The van der Waals surface area contributed by atoms with Gasteiger partial charge in [-0.2, -0.15) is 5.10 Å². The maximum atomic E-state index is 12.1. The SMILES string of the molecule is CC(C)n1nc(-c2cc(N3CCNCC3)nn2-c2ccccc2)ccc1=O. The molecule has 1 aliphatic heterocycles. The number of rotatable bonds is 4. The fraction of sp³-hybridized carbons (Fsp3) is 0.350. The molecule has 7 nitrogen and oxygen atoms in total. The number of aromatic nitrogens is 4. The number of nitrogens with zero attached hydrogens (tertiary/aromatic N) is 5. The molecular formula is C20H24N6O. The molecule has 0 atom stereocenters. The lowest BCUT2D eigenvalue weighted by Gasteiger charge is -2.27. The van der Waals surface area contributed by atoms with Crippen molar-refractivity contribution < 1.29 is 0 Å². The molecule has 7 heteroatoms. The van der Waals surface area contributed by atoms with Gasteiger partial charge in [0.15, 0.2) is 5.82 Å². The minimum atomic E-state index is -0.0955. The monoisotopic (exact) mass is 364 g/mol. The average molecular weight is 364 g/mol. The van der Waals surface area contributed by atoms with Crippen LogP contribution in [0.1, 0.15) is 19.9 Å². The van der Waals surface area contributed by atoms with E-state index in [4.69, 9.17) is 5.10 Å². The molecule has 0 amide bonds. The molecule has 0 radical (unpaired) electrons. The van der Waals surface area contributed by atoms with Crippen LogP contribution in [0.4, 0.5) is 5.82 Å². The second kappa shape index (κ2) is 7.36. The highest BCUT2D eigenvalue weighted by molar-refractivity contribution is 5.63. The Balaban J connectivity index is 1.84. The van der Waals surface area contributed by atoms with E-state index in [0.29, 0.717) is 0 Å². The first-order valence-electron chi connectivity index (χ1n) is 9.35. The third-order valence-corrected chi connectivity index (χ3v) is 4.71. The average Bonchev–Trinajstić information content (AvgIpc) is 3.15. The highest BCUT2D eigenvalue weighted by Gasteiger charge is 2.19. The van der Waals surface area contributed by atoms with Crippen molar-refractivity contribution in [3.63, 3.8) is 0 Å². The summed E-state index contributed by atoms with van der Waals surface area (Å²) in [6, 6.07) is 15.4. The topological polar surface area (TPSA) is 68.0 Å². The second-order valence-electron chi connectivity index (χ2n) is 6.97. The van der Waals surface area contributed by atoms with Crippen LogP contribution in [-0.4, -0.2) is 45.7 Å². The van der Waals surface area contributed by atoms with E-state index in [-0.39, 0.29) is 11.6 Å². The van der Waals surface area contributed by atoms with Crippen molar-refractivity contribution >= 4 is 5.82 Å². The molecule has 0 aliphatic carbocycles. The van der Waals surface area contributed by atoms with Crippen molar-refractivity contribution in [1.82, 2.24) is 24.9 Å². The van der Waals surface area contributed by atoms with Crippen molar-refractivity contribution in [3.05, 3.63) is 58.9 Å². The largest absolute Gasteiger partial charge is 0.353 e. The Kier molecular flexibility index (Phi) is 4.77. The van der Waals surface area contributed by atoms with E-state index >= 15 is 0 Å². The number of nitrogens with one attached hydrogen (secondary N) is 1. The van der Waals surface area contributed by atoms with Gasteiger partial charge in [0, 0.05) is 38.3 Å². The normalized spacial score (nSPS) is 14.7. The number of anilines is 1. The molecule has 0 saturated carbocycles. The summed E-state index contributed by atoms with van der Waals surface area (Å²) in [5, 5.41) is 12.8. The van der Waals surface area contributed by atoms with Gasteiger partial charge in [0.1, 0.15) is 5.69 Å². The van der Waals surface area contributed by atoms with Crippen molar-refractivity contribution in [2.24, 2.45) is 0 Å². The fourth-order valence-electron chi connectivity index (χ4n) is 3.30. The van der Waals surface area contributed by atoms with Gasteiger partial charge in [0.05, 0.1) is 17.4 Å². The van der Waals surface area contributed by atoms with E-state index in [2.05, 4.69) is 21.4 Å². The van der Waals surface area contributed by atoms with Gasteiger partial charge in [0.25, 0.3) is 5.56 Å². The highest BCUT2D eigenvalue weighted by atomic mass is 16.1. The minimum Gasteiger partial charge on any atom is -0.353 e. The van der Waals surface area contributed by atoms with Crippen molar-refractivity contribution in [3.8, 4) is 17.1 Å². The third kappa shape index (κ3) is 3.50. The van der Waals surface area contributed by atoms with Gasteiger partial charge >= 0.3 is 0 Å². The maximum absolute atomic E-state index is 12.1. The molecule has 1 saturated heterocycles. The smallest absolute Gasteiger partial charge is 0.267 e. The summed E-state index contributed by atoms with van der Waals surface area (Å²) < 4.78 is 3.43. The van der Waals surface area contributed by atoms with Crippen LogP contribution in [0.15, 0.2) is 53.3 Å². The zero-order valence-corrected chi connectivity index (χ0v) is 15.7. The first-order chi connectivity index (χ1) is 13.1. The number of para-hydroxylation sites is 1. The van der Waals surface area contributed by atoms with Crippen LogP contribution in [0.5, 0.6) is 0 Å². The van der Waals surface area contributed by atoms with Crippen LogP contribution < -0.4 is 15.8 Å². The molecule has 1 aliphatic rings. The fourth-order valence-corrected chi connectivity index (χ4v) is 3.30. The summed E-state index contributed by atoms with van der Waals surface area (Å²) in [5.41, 5.74) is 2.49. The van der Waals surface area contributed by atoms with Gasteiger partial charge in [-0.05, 0) is 32.0 Å². The van der Waals surface area contributed by atoms with Gasteiger partial charge in [-0.25, -0.2) is 9.36 Å². The van der Waals surface area contributed by atoms with Crippen LogP contribution in [0.25, 0.3) is 17.1 Å². The summed E-state index contributed by atoms with van der Waals surface area (Å²) in [4.78, 5) is 14.4. The molecule has 1 fully saturated rings. The Morgan fingerprint density at radius 3 is 2.44 bits per heavy atom. The van der Waals surface area contributed by atoms with Crippen molar-refractivity contribution in [1.29, 1.82) is 0 Å². The van der Waals surface area contributed by atoms with E-state index in [1.54, 1.807) is 12.1 Å². The van der Waals surface area contributed by atoms with Gasteiger partial charge < -0.3 is 10.2 Å². The molecule has 2 aromatic heterocycles. The van der Waals surface area contributed by atoms with Crippen molar-refractivity contribution in [2.75, 3.05) is 31.1 Å². The Labute approximate surface area is 158 Å². The summed E-state index contributed by atoms with van der Waals surface area (Å²) in [6.07, 6.45) is 0. The van der Waals surface area contributed by atoms with E-state index in [1.807, 2.05) is 48.9 Å². The number of hydrogen-bond donors (Lipinski definition) is 1. The molecule has 0 unspecified atom stereocenters. The number of hydrogen-bond acceptors (Lipinski definition) is 5. The third-order valence-electron chi connectivity index (χ3n) is 4.71. The van der Waals surface area contributed by atoms with Crippen LogP contribution in [0.2, 0.25) is 0 Å². The second-order valence-corrected chi connectivity index (χ2v) is 6.97. The standard InChI is InChI=1S/C20H24N6O/c1-15(2)25-20(27)9-8-17(22-25)18-14-19(24-12-10-21-11-13-24)23-26(18)16-6-4-3-5-7-16/h3-9,14-15,21H,10-13H2,1-2H3. The lowest BCUT2D eigenvalue weighted by molar-refractivity contribution is 0.504. The van der Waals surface area contributed by atoms with E-state index in [9.17, 15) is 4.79 Å². The van der Waals surface area contributed by atoms with Crippen LogP contribution in [-0.2, 0) is 0 Å². The number of benzene rings is 1. The molecule has 1 aromatic carbocycles. The van der Waals surface area contributed by atoms with Crippen molar-refractivity contribution in [2.45, 2.75) is 19.9 Å². The van der Waals surface area contributed by atoms with Gasteiger partial charge in [0.2, 0.25) is 0 Å². The maximum Gasteiger partial charge on any atom is 0.267 e. The lowest BCUT2D eigenvalue weighted by atomic mass is 10.2. The summed E-state index contributed by atoms with van der Waals surface area (Å²) in [7, 11) is 0. The Morgan fingerprint density at radius 1 is 1.00 bits per heavy atom. The molecular weight excluding hydrogens is 340 g/mol. The first-order valence-corrected chi connectivity index (χ1v) is 9.35.